The van der Waals surface area contributed by atoms with Crippen molar-refractivity contribution in [3.8, 4) is 0 Å². The van der Waals surface area contributed by atoms with E-state index in [4.69, 9.17) is 5.11 Å². The van der Waals surface area contributed by atoms with Gasteiger partial charge in [-0.2, -0.15) is 0 Å². The van der Waals surface area contributed by atoms with Gasteiger partial charge in [-0.15, -0.1) is 0 Å². The Morgan fingerprint density at radius 3 is 1.71 bits per heavy atom. The van der Waals surface area contributed by atoms with Crippen molar-refractivity contribution in [1.82, 2.24) is 0 Å². The predicted molar refractivity (Wildman–Crippen MR) is 29.8 cm³/mol. The normalized spacial score (nSPS) is 13.0. The second-order valence-corrected chi connectivity index (χ2v) is 2.41. The standard InChI is InChI=1S/C5H11NO/c1-6(2,3)4-5-7/h4-5H,1-3H3/p+1. The van der Waals surface area contributed by atoms with Gasteiger partial charge in [-0.3, -0.25) is 0 Å². The molecule has 0 radical (unpaired) electrons. The molecule has 0 aliphatic rings. The largest absolute Gasteiger partial charge is 0.510 e. The molecule has 0 aliphatic carbocycles. The molecule has 42 valence electrons. The van der Waals surface area contributed by atoms with E-state index < -0.39 is 0 Å². The number of hydrogen-bond acceptors (Lipinski definition) is 1. The van der Waals surface area contributed by atoms with Gasteiger partial charge in [0.25, 0.3) is 0 Å². The van der Waals surface area contributed by atoms with E-state index in [1.807, 2.05) is 21.1 Å². The van der Waals surface area contributed by atoms with Crippen LogP contribution < -0.4 is 0 Å². The van der Waals surface area contributed by atoms with Crippen molar-refractivity contribution in [2.24, 2.45) is 0 Å². The minimum absolute atomic E-state index is 0.663. The fourth-order valence-corrected chi connectivity index (χ4v) is 0.200. The summed E-state index contributed by atoms with van der Waals surface area (Å²) in [5.41, 5.74) is 0. The highest BCUT2D eigenvalue weighted by atomic mass is 16.2. The Morgan fingerprint density at radius 2 is 1.71 bits per heavy atom. The van der Waals surface area contributed by atoms with Gasteiger partial charge in [0, 0.05) is 0 Å². The van der Waals surface area contributed by atoms with Gasteiger partial charge in [-0.1, -0.05) is 0 Å². The summed E-state index contributed by atoms with van der Waals surface area (Å²) in [6, 6.07) is 0. The summed E-state index contributed by atoms with van der Waals surface area (Å²) in [4.78, 5) is 0. The van der Waals surface area contributed by atoms with E-state index in [9.17, 15) is 0 Å². The minimum Gasteiger partial charge on any atom is -0.510 e. The quantitative estimate of drug-likeness (QED) is 0.382. The number of nitrogens with zero attached hydrogens (tertiary/aromatic N) is 1. The van der Waals surface area contributed by atoms with E-state index in [0.717, 1.165) is 6.26 Å². The lowest BCUT2D eigenvalue weighted by Gasteiger charge is -2.15. The molecule has 0 heterocycles. The van der Waals surface area contributed by atoms with Crippen molar-refractivity contribution in [3.63, 3.8) is 0 Å². The van der Waals surface area contributed by atoms with Crippen LogP contribution in [-0.4, -0.2) is 30.7 Å². The first-order valence-electron chi connectivity index (χ1n) is 2.19. The Kier molecular flexibility index (Phi) is 1.84. The summed E-state index contributed by atoms with van der Waals surface area (Å²) in [6.07, 6.45) is 2.74. The van der Waals surface area contributed by atoms with Crippen LogP contribution in [0.15, 0.2) is 12.5 Å². The highest BCUT2D eigenvalue weighted by Gasteiger charge is 1.96. The molecule has 1 N–H and O–H groups in total. The van der Waals surface area contributed by atoms with Crippen LogP contribution in [0.2, 0.25) is 0 Å². The van der Waals surface area contributed by atoms with Crippen molar-refractivity contribution >= 4 is 0 Å². The molecule has 2 nitrogen and oxygen atoms in total. The second-order valence-electron chi connectivity index (χ2n) is 2.41. The zero-order valence-electron chi connectivity index (χ0n) is 5.05. The summed E-state index contributed by atoms with van der Waals surface area (Å²) >= 11 is 0. The van der Waals surface area contributed by atoms with Crippen LogP contribution in [0, 0.1) is 0 Å². The van der Waals surface area contributed by atoms with Crippen molar-refractivity contribution in [1.29, 1.82) is 0 Å². The van der Waals surface area contributed by atoms with Gasteiger partial charge < -0.3 is 9.59 Å². The van der Waals surface area contributed by atoms with E-state index in [-0.39, 0.29) is 0 Å². The first-order chi connectivity index (χ1) is 3.06. The van der Waals surface area contributed by atoms with Gasteiger partial charge in [0.15, 0.2) is 0 Å². The molecule has 0 spiro atoms. The van der Waals surface area contributed by atoms with Crippen LogP contribution in [0.3, 0.4) is 0 Å². The number of aliphatic hydroxyl groups is 1. The summed E-state index contributed by atoms with van der Waals surface area (Å²) < 4.78 is 0.663. The van der Waals surface area contributed by atoms with Crippen LogP contribution in [0.5, 0.6) is 0 Å². The lowest BCUT2D eigenvalue weighted by atomic mass is 10.7. The van der Waals surface area contributed by atoms with Crippen LogP contribution >= 0.6 is 0 Å². The van der Waals surface area contributed by atoms with Crippen molar-refractivity contribution < 1.29 is 9.59 Å². The first-order valence-corrected chi connectivity index (χ1v) is 2.19. The molecular formula is C5H12NO+. The summed E-state index contributed by atoms with van der Waals surface area (Å²) in [7, 11) is 5.90. The predicted octanol–water partition coefficient (Wildman–Crippen LogP) is 0.722. The van der Waals surface area contributed by atoms with Gasteiger partial charge in [0.2, 0.25) is 0 Å². The number of quaternary nitrogens is 1. The molecule has 2 heteroatoms. The van der Waals surface area contributed by atoms with Crippen LogP contribution in [-0.2, 0) is 0 Å². The number of hydrogen-bond donors (Lipinski definition) is 1. The van der Waals surface area contributed by atoms with Crippen LogP contribution in [0.1, 0.15) is 0 Å². The summed E-state index contributed by atoms with van der Waals surface area (Å²) in [6.45, 7) is 0. The summed E-state index contributed by atoms with van der Waals surface area (Å²) in [5, 5.41) is 8.21. The zero-order chi connectivity index (χ0) is 5.91. The maximum absolute atomic E-state index is 8.21. The van der Waals surface area contributed by atoms with Crippen molar-refractivity contribution in [2.75, 3.05) is 21.1 Å². The van der Waals surface area contributed by atoms with Crippen LogP contribution in [0.25, 0.3) is 0 Å². The third-order valence-corrected chi connectivity index (χ3v) is 0.514. The molecule has 0 aliphatic heterocycles. The summed E-state index contributed by atoms with van der Waals surface area (Å²) in [5.74, 6) is 0. The SMILES string of the molecule is C[N+](C)(C)C=CO. The fraction of sp³-hybridized carbons (Fsp3) is 0.600. The van der Waals surface area contributed by atoms with Gasteiger partial charge in [-0.05, 0) is 0 Å². The maximum Gasteiger partial charge on any atom is 0.132 e. The molecule has 0 saturated carbocycles. The Balaban J connectivity index is 3.56. The molecule has 0 aromatic heterocycles. The number of rotatable bonds is 1. The Bertz CT molecular complexity index is 70.6. The molecule has 0 aromatic rings. The van der Waals surface area contributed by atoms with Crippen molar-refractivity contribution in [3.05, 3.63) is 12.5 Å². The van der Waals surface area contributed by atoms with E-state index in [1.165, 1.54) is 0 Å². The Hall–Kier alpha value is -0.500. The lowest BCUT2D eigenvalue weighted by Crippen LogP contribution is -2.26. The Labute approximate surface area is 44.3 Å². The molecule has 7 heavy (non-hydrogen) atoms. The van der Waals surface area contributed by atoms with Gasteiger partial charge in [0.1, 0.15) is 12.5 Å². The van der Waals surface area contributed by atoms with E-state index >= 15 is 0 Å². The van der Waals surface area contributed by atoms with Gasteiger partial charge in [0.05, 0.1) is 21.1 Å². The monoisotopic (exact) mass is 102 g/mol. The maximum atomic E-state index is 8.21. The molecule has 0 fully saturated rings. The lowest BCUT2D eigenvalue weighted by molar-refractivity contribution is -0.817. The third-order valence-electron chi connectivity index (χ3n) is 0.514. The molecule has 0 aromatic carbocycles. The molecule has 0 rings (SSSR count). The molecule has 0 atom stereocenters. The van der Waals surface area contributed by atoms with E-state index in [2.05, 4.69) is 0 Å². The first kappa shape index (κ1) is 6.50. The van der Waals surface area contributed by atoms with Crippen molar-refractivity contribution in [2.45, 2.75) is 0 Å². The average molecular weight is 102 g/mol. The Morgan fingerprint density at radius 1 is 1.29 bits per heavy atom. The van der Waals surface area contributed by atoms with Crippen LogP contribution in [0.4, 0.5) is 0 Å². The molecule has 0 amide bonds. The van der Waals surface area contributed by atoms with E-state index in [1.54, 1.807) is 6.20 Å². The zero-order valence-corrected chi connectivity index (χ0v) is 5.05. The molecule has 0 unspecified atom stereocenters. The highest BCUT2D eigenvalue weighted by molar-refractivity contribution is 4.55. The number of aliphatic hydroxyl groups excluding tert-OH is 1. The smallest absolute Gasteiger partial charge is 0.132 e. The third kappa shape index (κ3) is 5.50. The average Bonchev–Trinajstić information content (AvgIpc) is 1.30. The minimum atomic E-state index is 0.663. The van der Waals surface area contributed by atoms with Gasteiger partial charge in [-0.25, -0.2) is 0 Å². The topological polar surface area (TPSA) is 20.2 Å². The molecule has 0 bridgehead atoms. The second kappa shape index (κ2) is 1.98. The highest BCUT2D eigenvalue weighted by Crippen LogP contribution is 1.87. The molecule has 0 saturated heterocycles. The molecular weight excluding hydrogens is 90.1 g/mol. The van der Waals surface area contributed by atoms with Gasteiger partial charge >= 0.3 is 0 Å². The fourth-order valence-electron chi connectivity index (χ4n) is 0.200. The van der Waals surface area contributed by atoms with E-state index in [0.29, 0.717) is 4.48 Å².